The van der Waals surface area contributed by atoms with Gasteiger partial charge in [-0.05, 0) is 78.5 Å². The van der Waals surface area contributed by atoms with Crippen LogP contribution in [0.15, 0.2) is 36.4 Å². The van der Waals surface area contributed by atoms with Crippen LogP contribution in [0.5, 0.6) is 0 Å². The van der Waals surface area contributed by atoms with E-state index in [0.29, 0.717) is 5.92 Å². The van der Waals surface area contributed by atoms with Crippen LogP contribution in [0.1, 0.15) is 46.2 Å². The molecule has 0 unspecified atom stereocenters. The first-order chi connectivity index (χ1) is 10.8. The summed E-state index contributed by atoms with van der Waals surface area (Å²) in [7, 11) is 0. The molecule has 0 N–H and O–H groups in total. The zero-order valence-corrected chi connectivity index (χ0v) is 12.5. The average molecular weight is 278 g/mol. The van der Waals surface area contributed by atoms with Gasteiger partial charge in [0.15, 0.2) is 0 Å². The Hall–Kier alpha value is -2.34. The van der Waals surface area contributed by atoms with Crippen LogP contribution in [-0.4, -0.2) is 0 Å². The lowest BCUT2D eigenvalue weighted by molar-refractivity contribution is 0.959. The van der Waals surface area contributed by atoms with Gasteiger partial charge in [-0.25, -0.2) is 0 Å². The Kier molecular flexibility index (Phi) is 1.38. The second-order valence-corrected chi connectivity index (χ2v) is 7.34. The lowest BCUT2D eigenvalue weighted by Crippen LogP contribution is -1.90. The molecule has 0 saturated heterocycles. The van der Waals surface area contributed by atoms with Gasteiger partial charge in [0, 0.05) is 5.92 Å². The first kappa shape index (κ1) is 10.4. The summed E-state index contributed by atoms with van der Waals surface area (Å²) < 4.78 is 0. The van der Waals surface area contributed by atoms with Crippen molar-refractivity contribution in [3.63, 3.8) is 0 Å². The van der Waals surface area contributed by atoms with Crippen molar-refractivity contribution in [2.75, 3.05) is 0 Å². The molecule has 0 spiro atoms. The number of hydrogen-bond donors (Lipinski definition) is 0. The molecule has 0 saturated carbocycles. The molecule has 3 aliphatic carbocycles. The maximum atomic E-state index is 2.40. The summed E-state index contributed by atoms with van der Waals surface area (Å²) >= 11 is 0. The van der Waals surface area contributed by atoms with Crippen molar-refractivity contribution in [3.05, 3.63) is 69.8 Å². The van der Waals surface area contributed by atoms with Crippen LogP contribution >= 0.6 is 0 Å². The Morgan fingerprint density at radius 3 is 1.36 bits per heavy atom. The van der Waals surface area contributed by atoms with Gasteiger partial charge in [-0.3, -0.25) is 0 Å². The second-order valence-electron chi connectivity index (χ2n) is 7.34. The van der Waals surface area contributed by atoms with Crippen LogP contribution in [-0.2, 0) is 12.8 Å². The Morgan fingerprint density at radius 1 is 0.545 bits per heavy atom. The molecule has 0 bridgehead atoms. The minimum Gasteiger partial charge on any atom is -0.0578 e. The van der Waals surface area contributed by atoms with Crippen molar-refractivity contribution in [3.8, 4) is 0 Å². The topological polar surface area (TPSA) is 0 Å². The average Bonchev–Trinajstić information content (AvgIpc) is 3.16. The largest absolute Gasteiger partial charge is 0.0578 e. The summed E-state index contributed by atoms with van der Waals surface area (Å²) in [6.45, 7) is 2.38. The van der Waals surface area contributed by atoms with E-state index in [0.717, 1.165) is 12.8 Å². The SMILES string of the molecule is CC1c2ccc3c4c5c(ccc6c5c5c(ccc1c5c24)C6)C3. The third kappa shape index (κ3) is 0.834. The van der Waals surface area contributed by atoms with Gasteiger partial charge in [0.25, 0.3) is 0 Å². The molecule has 0 fully saturated rings. The lowest BCUT2D eigenvalue weighted by Gasteiger charge is -2.08. The van der Waals surface area contributed by atoms with Crippen molar-refractivity contribution in [2.45, 2.75) is 25.7 Å². The van der Waals surface area contributed by atoms with Crippen LogP contribution in [0, 0.1) is 0 Å². The van der Waals surface area contributed by atoms with Crippen molar-refractivity contribution >= 4 is 32.3 Å². The zero-order valence-electron chi connectivity index (χ0n) is 12.5. The van der Waals surface area contributed by atoms with Crippen LogP contribution in [0.2, 0.25) is 0 Å². The first-order valence-electron chi connectivity index (χ1n) is 8.30. The summed E-state index contributed by atoms with van der Waals surface area (Å²) in [5, 5.41) is 9.51. The summed E-state index contributed by atoms with van der Waals surface area (Å²) in [4.78, 5) is 0. The maximum Gasteiger partial charge on any atom is 0.00737 e. The first-order valence-corrected chi connectivity index (χ1v) is 8.30. The maximum absolute atomic E-state index is 2.40. The molecule has 4 aromatic carbocycles. The molecule has 7 rings (SSSR count). The summed E-state index contributed by atoms with van der Waals surface area (Å²) in [5.74, 6) is 0.544. The summed E-state index contributed by atoms with van der Waals surface area (Å²) in [6.07, 6.45) is 2.25. The van der Waals surface area contributed by atoms with E-state index in [1.165, 1.54) is 0 Å². The molecule has 0 heteroatoms. The fourth-order valence-corrected chi connectivity index (χ4v) is 5.58. The molecule has 0 aliphatic heterocycles. The molecule has 0 nitrogen and oxygen atoms in total. The van der Waals surface area contributed by atoms with Crippen LogP contribution in [0.25, 0.3) is 32.3 Å². The van der Waals surface area contributed by atoms with E-state index in [2.05, 4.69) is 43.3 Å². The predicted octanol–water partition coefficient (Wildman–Crippen LogP) is 5.42. The van der Waals surface area contributed by atoms with Gasteiger partial charge in [-0.15, -0.1) is 0 Å². The molecule has 0 radical (unpaired) electrons. The van der Waals surface area contributed by atoms with Crippen LogP contribution in [0.4, 0.5) is 0 Å². The van der Waals surface area contributed by atoms with Crippen molar-refractivity contribution in [1.82, 2.24) is 0 Å². The standard InChI is InChI=1S/C22H14/c1-10-15-6-4-13-8-11-2-3-12-9-14-5-7-16(10)22-20(14)18(12)17(11)19(13)21(15)22/h2-7,10H,8-9H2,1H3. The minimum atomic E-state index is 0.544. The quantitative estimate of drug-likeness (QED) is 0.325. The van der Waals surface area contributed by atoms with E-state index in [1.807, 2.05) is 0 Å². The molecule has 0 heterocycles. The van der Waals surface area contributed by atoms with Gasteiger partial charge in [0.05, 0.1) is 0 Å². The molecule has 102 valence electrons. The van der Waals surface area contributed by atoms with Crippen molar-refractivity contribution in [1.29, 1.82) is 0 Å². The Bertz CT molecular complexity index is 1130. The van der Waals surface area contributed by atoms with E-state index >= 15 is 0 Å². The Labute approximate surface area is 128 Å². The molecule has 0 amide bonds. The van der Waals surface area contributed by atoms with E-state index in [9.17, 15) is 0 Å². The summed E-state index contributed by atoms with van der Waals surface area (Å²) in [5.41, 5.74) is 9.29. The van der Waals surface area contributed by atoms with Gasteiger partial charge < -0.3 is 0 Å². The summed E-state index contributed by atoms with van der Waals surface area (Å²) in [6, 6.07) is 14.4. The fraction of sp³-hybridized carbons (Fsp3) is 0.182. The number of hydrogen-bond acceptors (Lipinski definition) is 0. The minimum absolute atomic E-state index is 0.544. The van der Waals surface area contributed by atoms with Crippen LogP contribution < -0.4 is 0 Å². The van der Waals surface area contributed by atoms with Gasteiger partial charge in [-0.1, -0.05) is 43.3 Å². The molecular formula is C22H14. The van der Waals surface area contributed by atoms with Crippen molar-refractivity contribution < 1.29 is 0 Å². The molecule has 22 heavy (non-hydrogen) atoms. The Morgan fingerprint density at radius 2 is 0.909 bits per heavy atom. The number of rotatable bonds is 0. The molecule has 3 aliphatic rings. The van der Waals surface area contributed by atoms with Gasteiger partial charge >= 0.3 is 0 Å². The normalized spacial score (nSPS) is 16.8. The second kappa shape index (κ2) is 2.92. The van der Waals surface area contributed by atoms with Gasteiger partial charge in [-0.2, -0.15) is 0 Å². The monoisotopic (exact) mass is 278 g/mol. The highest BCUT2D eigenvalue weighted by Gasteiger charge is 2.33. The fourth-order valence-electron chi connectivity index (χ4n) is 5.58. The zero-order chi connectivity index (χ0) is 14.2. The van der Waals surface area contributed by atoms with E-state index < -0.39 is 0 Å². The van der Waals surface area contributed by atoms with Gasteiger partial charge in [0.2, 0.25) is 0 Å². The third-order valence-corrected chi connectivity index (χ3v) is 6.47. The van der Waals surface area contributed by atoms with E-state index in [1.54, 1.807) is 65.7 Å². The highest BCUT2D eigenvalue weighted by molar-refractivity contribution is 6.33. The molecular weight excluding hydrogens is 264 g/mol. The highest BCUT2D eigenvalue weighted by atomic mass is 14.4. The molecule has 4 aromatic rings. The Balaban J connectivity index is 2.01. The predicted molar refractivity (Wildman–Crippen MR) is 92.1 cm³/mol. The molecule has 0 aromatic heterocycles. The van der Waals surface area contributed by atoms with E-state index in [-0.39, 0.29) is 0 Å². The van der Waals surface area contributed by atoms with Crippen molar-refractivity contribution in [2.24, 2.45) is 0 Å². The van der Waals surface area contributed by atoms with Gasteiger partial charge in [0.1, 0.15) is 0 Å². The lowest BCUT2D eigenvalue weighted by atomic mass is 9.95. The smallest absolute Gasteiger partial charge is 0.00737 e. The highest BCUT2D eigenvalue weighted by Crippen LogP contribution is 2.55. The van der Waals surface area contributed by atoms with Crippen LogP contribution in [0.3, 0.4) is 0 Å². The third-order valence-electron chi connectivity index (χ3n) is 6.47. The molecule has 0 atom stereocenters. The number of benzene rings is 4. The van der Waals surface area contributed by atoms with E-state index in [4.69, 9.17) is 0 Å².